The number of benzene rings is 2. The first-order valence-electron chi connectivity index (χ1n) is 9.25. The Morgan fingerprint density at radius 1 is 1.24 bits per heavy atom. The summed E-state index contributed by atoms with van der Waals surface area (Å²) in [5.74, 6) is -0.113. The minimum absolute atomic E-state index is 0.0789. The molecule has 0 aliphatic carbocycles. The van der Waals surface area contributed by atoms with Crippen molar-refractivity contribution in [3.63, 3.8) is 0 Å². The van der Waals surface area contributed by atoms with E-state index in [0.29, 0.717) is 23.4 Å². The van der Waals surface area contributed by atoms with Gasteiger partial charge in [0.25, 0.3) is 0 Å². The largest absolute Gasteiger partial charge is 0.507 e. The van der Waals surface area contributed by atoms with Crippen molar-refractivity contribution in [1.82, 2.24) is 9.97 Å². The van der Waals surface area contributed by atoms with E-state index < -0.39 is 12.1 Å². The van der Waals surface area contributed by atoms with Crippen molar-refractivity contribution < 1.29 is 19.4 Å². The fourth-order valence-electron chi connectivity index (χ4n) is 2.70. The lowest BCUT2D eigenvalue weighted by Gasteiger charge is -2.14. The number of aliphatic hydroxyl groups excluding tert-OH is 1. The van der Waals surface area contributed by atoms with Crippen molar-refractivity contribution in [1.29, 1.82) is 5.26 Å². The zero-order valence-electron chi connectivity index (χ0n) is 16.2. The van der Waals surface area contributed by atoms with E-state index >= 15 is 0 Å². The Bertz CT molecular complexity index is 1040. The van der Waals surface area contributed by atoms with Crippen LogP contribution in [0.5, 0.6) is 5.75 Å². The number of para-hydroxylation sites is 2. The number of aliphatic hydroxyl groups is 1. The van der Waals surface area contributed by atoms with Crippen molar-refractivity contribution in [2.75, 3.05) is 6.61 Å². The molecule has 0 aliphatic rings. The average molecular weight is 391 g/mol. The number of ether oxygens (including phenoxy) is 2. The summed E-state index contributed by atoms with van der Waals surface area (Å²) >= 11 is 0. The van der Waals surface area contributed by atoms with Crippen LogP contribution in [0.25, 0.3) is 16.6 Å². The molecule has 0 saturated carbocycles. The second kappa shape index (κ2) is 8.93. The summed E-state index contributed by atoms with van der Waals surface area (Å²) in [6.45, 7) is 4.10. The first-order valence-corrected chi connectivity index (χ1v) is 9.25. The predicted octanol–water partition coefficient (Wildman–Crippen LogP) is 4.39. The van der Waals surface area contributed by atoms with Gasteiger partial charge in [-0.1, -0.05) is 19.1 Å². The van der Waals surface area contributed by atoms with Gasteiger partial charge in [-0.25, -0.2) is 9.78 Å². The fourth-order valence-corrected chi connectivity index (χ4v) is 2.70. The van der Waals surface area contributed by atoms with Gasteiger partial charge in [-0.2, -0.15) is 5.26 Å². The van der Waals surface area contributed by atoms with E-state index in [-0.39, 0.29) is 17.2 Å². The third-order valence-electron chi connectivity index (χ3n) is 4.23. The van der Waals surface area contributed by atoms with E-state index in [1.54, 1.807) is 30.3 Å². The zero-order chi connectivity index (χ0) is 20.8. The summed E-state index contributed by atoms with van der Waals surface area (Å²) in [7, 11) is 0. The van der Waals surface area contributed by atoms with Crippen LogP contribution in [0.1, 0.15) is 36.5 Å². The van der Waals surface area contributed by atoms with Crippen molar-refractivity contribution >= 4 is 22.6 Å². The average Bonchev–Trinajstić information content (AvgIpc) is 3.16. The Kier molecular flexibility index (Phi) is 6.15. The number of nitriles is 1. The number of allylic oxidation sites excluding steroid dienone is 1. The van der Waals surface area contributed by atoms with Gasteiger partial charge in [0.05, 0.1) is 23.2 Å². The number of rotatable bonds is 7. The van der Waals surface area contributed by atoms with Gasteiger partial charge in [-0.15, -0.1) is 0 Å². The van der Waals surface area contributed by atoms with Gasteiger partial charge in [0, 0.05) is 0 Å². The number of H-pyrrole nitrogens is 1. The molecule has 29 heavy (non-hydrogen) atoms. The highest BCUT2D eigenvalue weighted by atomic mass is 16.6. The summed E-state index contributed by atoms with van der Waals surface area (Å²) < 4.78 is 10.8. The molecule has 0 spiro atoms. The van der Waals surface area contributed by atoms with E-state index in [9.17, 15) is 15.2 Å². The number of nitrogens with one attached hydrogen (secondary N) is 1. The zero-order valence-corrected chi connectivity index (χ0v) is 16.2. The Balaban J connectivity index is 1.76. The summed E-state index contributed by atoms with van der Waals surface area (Å²) in [6.07, 6.45) is -0.138. The Labute approximate surface area is 168 Å². The molecule has 0 bridgehead atoms. The maximum absolute atomic E-state index is 12.4. The van der Waals surface area contributed by atoms with E-state index in [0.717, 1.165) is 11.9 Å². The summed E-state index contributed by atoms with van der Waals surface area (Å²) in [6, 6.07) is 15.7. The molecular formula is C22H21N3O4. The van der Waals surface area contributed by atoms with Crippen LogP contribution in [0.3, 0.4) is 0 Å². The first kappa shape index (κ1) is 20.0. The molecule has 7 nitrogen and oxygen atoms in total. The fraction of sp³-hybridized carbons (Fsp3) is 0.227. The van der Waals surface area contributed by atoms with Crippen molar-refractivity contribution in [3.8, 4) is 11.8 Å². The van der Waals surface area contributed by atoms with Gasteiger partial charge in [-0.3, -0.25) is 0 Å². The molecule has 0 radical (unpaired) electrons. The van der Waals surface area contributed by atoms with Crippen LogP contribution in [0.4, 0.5) is 0 Å². The maximum atomic E-state index is 12.4. The second-order valence-electron chi connectivity index (χ2n) is 6.39. The van der Waals surface area contributed by atoms with Crippen LogP contribution in [0.2, 0.25) is 0 Å². The molecule has 3 rings (SSSR count). The molecule has 148 valence electrons. The molecule has 0 unspecified atom stereocenters. The lowest BCUT2D eigenvalue weighted by molar-refractivity contribution is 0.0334. The number of hydrogen-bond donors (Lipinski definition) is 2. The predicted molar refractivity (Wildman–Crippen MR) is 108 cm³/mol. The molecule has 1 aromatic heterocycles. The number of imidazole rings is 1. The van der Waals surface area contributed by atoms with Gasteiger partial charge >= 0.3 is 5.97 Å². The topological polar surface area (TPSA) is 108 Å². The van der Waals surface area contributed by atoms with E-state index in [1.165, 1.54) is 6.92 Å². The molecule has 0 saturated heterocycles. The first-order chi connectivity index (χ1) is 14.0. The van der Waals surface area contributed by atoms with E-state index in [4.69, 9.17) is 9.47 Å². The molecule has 7 heteroatoms. The Hall–Kier alpha value is -3.79. The van der Waals surface area contributed by atoms with Crippen LogP contribution in [0, 0.1) is 11.3 Å². The molecule has 2 N–H and O–H groups in total. The van der Waals surface area contributed by atoms with Crippen LogP contribution in [-0.2, 0) is 4.74 Å². The summed E-state index contributed by atoms with van der Waals surface area (Å²) in [5, 5.41) is 20.0. The van der Waals surface area contributed by atoms with Crippen LogP contribution in [0.15, 0.2) is 54.3 Å². The standard InChI is InChI=1S/C22H21N3O4/c1-3-12-28-16-10-8-15(9-11-16)22(27)29-14(2)20(26)17(13-23)21-24-18-6-4-5-7-19(18)25-21/h4-11,14,26H,3,12H2,1-2H3,(H,24,25)/b20-17-/t14-/m1/s1. The monoisotopic (exact) mass is 391 g/mol. The smallest absolute Gasteiger partial charge is 0.338 e. The third-order valence-corrected chi connectivity index (χ3v) is 4.23. The van der Waals surface area contributed by atoms with Crippen LogP contribution >= 0.6 is 0 Å². The molecule has 0 amide bonds. The highest BCUT2D eigenvalue weighted by Crippen LogP contribution is 2.22. The number of carbonyl (C=O) groups excluding carboxylic acids is 1. The number of nitrogens with zero attached hydrogens (tertiary/aromatic N) is 2. The van der Waals surface area contributed by atoms with Crippen LogP contribution < -0.4 is 4.74 Å². The Morgan fingerprint density at radius 2 is 1.97 bits per heavy atom. The third kappa shape index (κ3) is 4.55. The number of esters is 1. The van der Waals surface area contributed by atoms with Crippen LogP contribution in [-0.4, -0.2) is 33.8 Å². The van der Waals surface area contributed by atoms with Gasteiger partial charge in [0.2, 0.25) is 0 Å². The molecule has 1 atom stereocenters. The van der Waals surface area contributed by atoms with Gasteiger partial charge in [-0.05, 0) is 49.7 Å². The molecule has 1 heterocycles. The number of fused-ring (bicyclic) bond motifs is 1. The van der Waals surface area contributed by atoms with Crippen molar-refractivity contribution in [2.24, 2.45) is 0 Å². The van der Waals surface area contributed by atoms with Gasteiger partial charge < -0.3 is 19.6 Å². The van der Waals surface area contributed by atoms with Gasteiger partial charge in [0.1, 0.15) is 17.4 Å². The minimum Gasteiger partial charge on any atom is -0.507 e. The van der Waals surface area contributed by atoms with Crippen molar-refractivity contribution in [3.05, 3.63) is 65.7 Å². The van der Waals surface area contributed by atoms with Crippen molar-refractivity contribution in [2.45, 2.75) is 26.4 Å². The number of hydrogen-bond acceptors (Lipinski definition) is 6. The number of aromatic nitrogens is 2. The van der Waals surface area contributed by atoms with E-state index in [2.05, 4.69) is 9.97 Å². The molecule has 0 fully saturated rings. The Morgan fingerprint density at radius 3 is 2.62 bits per heavy atom. The lowest BCUT2D eigenvalue weighted by Crippen LogP contribution is -2.18. The summed E-state index contributed by atoms with van der Waals surface area (Å²) in [5.41, 5.74) is 1.64. The molecule has 3 aromatic rings. The highest BCUT2D eigenvalue weighted by molar-refractivity contribution is 5.90. The maximum Gasteiger partial charge on any atom is 0.338 e. The van der Waals surface area contributed by atoms with E-state index in [1.807, 2.05) is 31.2 Å². The summed E-state index contributed by atoms with van der Waals surface area (Å²) in [4.78, 5) is 19.7. The number of aromatic amines is 1. The van der Waals surface area contributed by atoms with Gasteiger partial charge in [0.15, 0.2) is 17.7 Å². The minimum atomic E-state index is -1.03. The highest BCUT2D eigenvalue weighted by Gasteiger charge is 2.22. The molecule has 2 aromatic carbocycles. The SMILES string of the molecule is CCCOc1ccc(C(=O)O[C@H](C)/C(O)=C(\C#N)c2nc3ccccc3[nH]2)cc1. The molecular weight excluding hydrogens is 370 g/mol. The number of carbonyl (C=O) groups is 1. The second-order valence-corrected chi connectivity index (χ2v) is 6.39. The lowest BCUT2D eigenvalue weighted by atomic mass is 10.1. The quantitative estimate of drug-likeness (QED) is 0.351. The molecule has 0 aliphatic heterocycles. The normalized spacial score (nSPS) is 12.7.